The van der Waals surface area contributed by atoms with Gasteiger partial charge in [-0.05, 0) is 36.6 Å². The fourth-order valence-corrected chi connectivity index (χ4v) is 3.76. The average Bonchev–Trinajstić information content (AvgIpc) is 2.59. The molecule has 1 aliphatic rings. The molecule has 2 rings (SSSR count). The van der Waals surface area contributed by atoms with Crippen LogP contribution in [0.4, 0.5) is 5.69 Å². The van der Waals surface area contributed by atoms with Crippen molar-refractivity contribution >= 4 is 21.7 Å². The molecule has 1 aromatic rings. The van der Waals surface area contributed by atoms with Gasteiger partial charge in [0.15, 0.2) is 0 Å². The predicted molar refractivity (Wildman–Crippen MR) is 82.3 cm³/mol. The lowest BCUT2D eigenvalue weighted by molar-refractivity contribution is 0.0696. The van der Waals surface area contributed by atoms with Crippen molar-refractivity contribution in [2.24, 2.45) is 0 Å². The van der Waals surface area contributed by atoms with Gasteiger partial charge in [-0.2, -0.15) is 0 Å². The number of carboxylic acid groups (broad SMARTS) is 1. The second-order valence-corrected chi connectivity index (χ2v) is 7.06. The van der Waals surface area contributed by atoms with Gasteiger partial charge in [-0.25, -0.2) is 13.2 Å². The molecule has 6 heteroatoms. The van der Waals surface area contributed by atoms with Crippen LogP contribution in [0.5, 0.6) is 0 Å². The van der Waals surface area contributed by atoms with E-state index >= 15 is 0 Å². The smallest absolute Gasteiger partial charge is 0.335 e. The van der Waals surface area contributed by atoms with Crippen molar-refractivity contribution in [2.45, 2.75) is 26.2 Å². The number of benzene rings is 1. The minimum Gasteiger partial charge on any atom is -0.478 e. The number of carboxylic acids is 1. The summed E-state index contributed by atoms with van der Waals surface area (Å²) in [6.45, 7) is 2.25. The summed E-state index contributed by atoms with van der Waals surface area (Å²) >= 11 is 0. The molecule has 0 saturated carbocycles. The van der Waals surface area contributed by atoms with Gasteiger partial charge in [0.25, 0.3) is 0 Å². The molecule has 0 unspecified atom stereocenters. The Morgan fingerprint density at radius 2 is 2.05 bits per heavy atom. The predicted octanol–water partition coefficient (Wildman–Crippen LogP) is 2.43. The molecule has 1 heterocycles. The summed E-state index contributed by atoms with van der Waals surface area (Å²) in [7, 11) is -3.41. The fraction of sp³-hybridized carbons (Fsp3) is 0.400. The number of anilines is 1. The molecule has 0 aliphatic carbocycles. The van der Waals surface area contributed by atoms with Gasteiger partial charge in [-0.3, -0.25) is 4.31 Å². The van der Waals surface area contributed by atoms with Gasteiger partial charge in [-0.1, -0.05) is 25.5 Å². The summed E-state index contributed by atoms with van der Waals surface area (Å²) in [4.78, 5) is 11.2. The maximum absolute atomic E-state index is 12.3. The Labute approximate surface area is 124 Å². The zero-order valence-electron chi connectivity index (χ0n) is 11.9. The van der Waals surface area contributed by atoms with Crippen LogP contribution in [0.2, 0.25) is 0 Å². The van der Waals surface area contributed by atoms with Crippen molar-refractivity contribution in [2.75, 3.05) is 16.6 Å². The number of allylic oxidation sites excluding steroid dienone is 1. The highest BCUT2D eigenvalue weighted by atomic mass is 32.2. The molecule has 0 saturated heterocycles. The molecule has 0 radical (unpaired) electrons. The van der Waals surface area contributed by atoms with Crippen LogP contribution >= 0.6 is 0 Å². The van der Waals surface area contributed by atoms with Crippen LogP contribution in [0.1, 0.15) is 35.7 Å². The third kappa shape index (κ3) is 3.64. The number of rotatable bonds is 4. The van der Waals surface area contributed by atoms with E-state index in [1.165, 1.54) is 10.4 Å². The zero-order valence-corrected chi connectivity index (χ0v) is 12.8. The quantitative estimate of drug-likeness (QED) is 0.867. The average molecular weight is 309 g/mol. The van der Waals surface area contributed by atoms with Gasteiger partial charge < -0.3 is 5.11 Å². The minimum absolute atomic E-state index is 0.0455. The Balaban J connectivity index is 2.50. The van der Waals surface area contributed by atoms with E-state index in [2.05, 4.69) is 0 Å². The van der Waals surface area contributed by atoms with Crippen LogP contribution < -0.4 is 4.31 Å². The number of aromatic carboxylic acids is 1. The van der Waals surface area contributed by atoms with E-state index in [0.717, 1.165) is 18.4 Å². The molecular weight excluding hydrogens is 290 g/mol. The Morgan fingerprint density at radius 3 is 2.71 bits per heavy atom. The normalized spacial score (nSPS) is 17.5. The highest BCUT2D eigenvalue weighted by molar-refractivity contribution is 7.92. The fourth-order valence-electron chi connectivity index (χ4n) is 2.37. The van der Waals surface area contributed by atoms with Crippen LogP contribution in [0.25, 0.3) is 0 Å². The lowest BCUT2D eigenvalue weighted by Crippen LogP contribution is -2.32. The highest BCUT2D eigenvalue weighted by Crippen LogP contribution is 2.25. The number of sulfonamides is 1. The molecule has 1 aliphatic heterocycles. The van der Waals surface area contributed by atoms with Gasteiger partial charge in [0.05, 0.1) is 23.5 Å². The maximum Gasteiger partial charge on any atom is 0.335 e. The lowest BCUT2D eigenvalue weighted by atomic mass is 10.1. The second-order valence-electron chi connectivity index (χ2n) is 5.05. The van der Waals surface area contributed by atoms with Gasteiger partial charge in [0.2, 0.25) is 10.0 Å². The van der Waals surface area contributed by atoms with Crippen molar-refractivity contribution in [3.05, 3.63) is 41.5 Å². The molecule has 0 fully saturated rings. The van der Waals surface area contributed by atoms with Crippen molar-refractivity contribution in [3.63, 3.8) is 0 Å². The summed E-state index contributed by atoms with van der Waals surface area (Å²) in [6, 6.07) is 4.81. The van der Waals surface area contributed by atoms with E-state index in [0.29, 0.717) is 12.1 Å². The molecule has 0 aromatic heterocycles. The molecule has 0 atom stereocenters. The first-order valence-corrected chi connectivity index (χ1v) is 8.57. The first-order valence-electron chi connectivity index (χ1n) is 6.96. The summed E-state index contributed by atoms with van der Waals surface area (Å²) in [5.74, 6) is -0.999. The van der Waals surface area contributed by atoms with Crippen LogP contribution in [-0.2, 0) is 16.4 Å². The number of carbonyl (C=O) groups is 1. The zero-order chi connectivity index (χ0) is 15.5. The molecular formula is C15H19NO4S. The van der Waals surface area contributed by atoms with Gasteiger partial charge in [0, 0.05) is 0 Å². The third-order valence-corrected chi connectivity index (χ3v) is 5.15. The second kappa shape index (κ2) is 6.30. The van der Waals surface area contributed by atoms with Crippen LogP contribution in [0.15, 0.2) is 30.4 Å². The van der Waals surface area contributed by atoms with Gasteiger partial charge in [0.1, 0.15) is 0 Å². The summed E-state index contributed by atoms with van der Waals surface area (Å²) < 4.78 is 25.9. The summed E-state index contributed by atoms with van der Waals surface area (Å²) in [5.41, 5.74) is 1.40. The highest BCUT2D eigenvalue weighted by Gasteiger charge is 2.23. The van der Waals surface area contributed by atoms with E-state index in [1.807, 2.05) is 13.0 Å². The summed E-state index contributed by atoms with van der Waals surface area (Å²) in [6.07, 6.45) is 5.72. The Bertz CT molecular complexity index is 664. The Hall–Kier alpha value is -1.82. The lowest BCUT2D eigenvalue weighted by Gasteiger charge is -2.22. The van der Waals surface area contributed by atoms with Crippen LogP contribution in [0.3, 0.4) is 0 Å². The minimum atomic E-state index is -3.41. The van der Waals surface area contributed by atoms with Crippen molar-refractivity contribution in [3.8, 4) is 0 Å². The molecule has 0 bridgehead atoms. The van der Waals surface area contributed by atoms with Gasteiger partial charge >= 0.3 is 5.97 Å². The maximum atomic E-state index is 12.3. The topological polar surface area (TPSA) is 74.7 Å². The molecule has 114 valence electrons. The first-order chi connectivity index (χ1) is 9.94. The number of nitrogens with zero attached hydrogens (tertiary/aromatic N) is 1. The SMILES string of the molecule is CCCc1cc(C(=O)O)cc(N2CC=CCCS2(=O)=O)c1. The van der Waals surface area contributed by atoms with E-state index in [9.17, 15) is 18.3 Å². The Morgan fingerprint density at radius 1 is 1.29 bits per heavy atom. The van der Waals surface area contributed by atoms with Gasteiger partial charge in [-0.15, -0.1) is 0 Å². The third-order valence-electron chi connectivity index (χ3n) is 3.37. The monoisotopic (exact) mass is 309 g/mol. The van der Waals surface area contributed by atoms with E-state index in [-0.39, 0.29) is 17.9 Å². The number of aryl methyl sites for hydroxylation is 1. The van der Waals surface area contributed by atoms with E-state index in [4.69, 9.17) is 0 Å². The Kier molecular flexibility index (Phi) is 4.67. The van der Waals surface area contributed by atoms with Crippen LogP contribution in [0, 0.1) is 0 Å². The largest absolute Gasteiger partial charge is 0.478 e. The molecule has 1 N–H and O–H groups in total. The van der Waals surface area contributed by atoms with Crippen LogP contribution in [-0.4, -0.2) is 31.8 Å². The molecule has 0 spiro atoms. The van der Waals surface area contributed by atoms with Crippen molar-refractivity contribution in [1.82, 2.24) is 0 Å². The summed E-state index contributed by atoms with van der Waals surface area (Å²) in [5, 5.41) is 9.20. The number of hydrogen-bond donors (Lipinski definition) is 1. The van der Waals surface area contributed by atoms with E-state index < -0.39 is 16.0 Å². The standard InChI is InChI=1S/C15H19NO4S/c1-2-6-12-9-13(15(17)18)11-14(10-12)16-7-4-3-5-8-21(16,19)20/h3-4,9-11H,2,5-8H2,1H3,(H,17,18). The first kappa shape index (κ1) is 15.6. The molecule has 5 nitrogen and oxygen atoms in total. The van der Waals surface area contributed by atoms with Crippen molar-refractivity contribution in [1.29, 1.82) is 0 Å². The number of hydrogen-bond acceptors (Lipinski definition) is 3. The molecule has 21 heavy (non-hydrogen) atoms. The molecule has 1 aromatic carbocycles. The molecule has 0 amide bonds. The van der Waals surface area contributed by atoms with E-state index in [1.54, 1.807) is 18.2 Å². The van der Waals surface area contributed by atoms with Crippen molar-refractivity contribution < 1.29 is 18.3 Å².